The molecule has 2 aromatic rings. The molecule has 1 N–H and O–H groups in total. The van der Waals surface area contributed by atoms with Crippen molar-refractivity contribution in [3.63, 3.8) is 0 Å². The van der Waals surface area contributed by atoms with Crippen LogP contribution in [0.1, 0.15) is 75.5 Å². The summed E-state index contributed by atoms with van der Waals surface area (Å²) in [7, 11) is 0. The van der Waals surface area contributed by atoms with Crippen LogP contribution in [-0.2, 0) is 22.6 Å². The van der Waals surface area contributed by atoms with Crippen LogP contribution in [0.25, 0.3) is 0 Å². The molecule has 0 bridgehead atoms. The molecule has 4 heteroatoms. The molecule has 1 aliphatic rings. The van der Waals surface area contributed by atoms with Crippen molar-refractivity contribution in [3.8, 4) is 0 Å². The standard InChI is InChI=1S/C27H36N2O2/c1-20(2)24-16-13-22(14-17-24)15-18-26(30)29(19-23-9-5-4-6-10-23)21(3)27(31)28-25-11-7-8-12-25/h4-6,9-10,13-14,16-17,20-21,25H,7-8,11-12,15,18-19H2,1-3H3,(H,28,31)/t21-/m1/s1. The number of aryl methyl sites for hydroxylation is 1. The molecule has 1 fully saturated rings. The zero-order valence-electron chi connectivity index (χ0n) is 19.1. The summed E-state index contributed by atoms with van der Waals surface area (Å²) in [6.45, 7) is 6.66. The number of nitrogens with one attached hydrogen (secondary N) is 1. The van der Waals surface area contributed by atoms with Crippen LogP contribution in [0.5, 0.6) is 0 Å². The van der Waals surface area contributed by atoms with Gasteiger partial charge < -0.3 is 10.2 Å². The quantitative estimate of drug-likeness (QED) is 0.605. The van der Waals surface area contributed by atoms with Gasteiger partial charge in [-0.25, -0.2) is 0 Å². The maximum Gasteiger partial charge on any atom is 0.242 e. The van der Waals surface area contributed by atoms with Crippen molar-refractivity contribution in [2.75, 3.05) is 0 Å². The van der Waals surface area contributed by atoms with Crippen LogP contribution in [0, 0.1) is 0 Å². The van der Waals surface area contributed by atoms with Gasteiger partial charge in [-0.1, -0.05) is 81.3 Å². The highest BCUT2D eigenvalue weighted by Gasteiger charge is 2.28. The predicted molar refractivity (Wildman–Crippen MR) is 126 cm³/mol. The molecule has 0 saturated heterocycles. The third-order valence-electron chi connectivity index (χ3n) is 6.34. The Bertz CT molecular complexity index is 839. The number of hydrogen-bond donors (Lipinski definition) is 1. The van der Waals surface area contributed by atoms with Crippen LogP contribution in [0.15, 0.2) is 54.6 Å². The van der Waals surface area contributed by atoms with Gasteiger partial charge in [-0.15, -0.1) is 0 Å². The van der Waals surface area contributed by atoms with Crippen molar-refractivity contribution in [3.05, 3.63) is 71.3 Å². The lowest BCUT2D eigenvalue weighted by molar-refractivity contribution is -0.140. The zero-order chi connectivity index (χ0) is 22.2. The van der Waals surface area contributed by atoms with Gasteiger partial charge in [0.1, 0.15) is 6.04 Å². The minimum atomic E-state index is -0.489. The van der Waals surface area contributed by atoms with Gasteiger partial charge in [-0.3, -0.25) is 9.59 Å². The van der Waals surface area contributed by atoms with Crippen LogP contribution in [0.3, 0.4) is 0 Å². The summed E-state index contributed by atoms with van der Waals surface area (Å²) in [5.41, 5.74) is 3.50. The number of amides is 2. The van der Waals surface area contributed by atoms with Gasteiger partial charge in [-0.05, 0) is 48.8 Å². The second kappa shape index (κ2) is 11.1. The Kier molecular flexibility index (Phi) is 8.27. The topological polar surface area (TPSA) is 49.4 Å². The molecular weight excluding hydrogens is 384 g/mol. The molecule has 166 valence electrons. The van der Waals surface area contributed by atoms with Crippen LogP contribution in [0.2, 0.25) is 0 Å². The molecule has 2 aromatic carbocycles. The third kappa shape index (κ3) is 6.68. The SMILES string of the molecule is CC(C)c1ccc(CCC(=O)N(Cc2ccccc2)[C@H](C)C(=O)NC2CCCC2)cc1. The summed E-state index contributed by atoms with van der Waals surface area (Å²) >= 11 is 0. The average Bonchev–Trinajstić information content (AvgIpc) is 3.29. The third-order valence-corrected chi connectivity index (χ3v) is 6.34. The molecule has 1 atom stereocenters. The molecule has 4 nitrogen and oxygen atoms in total. The molecule has 0 aromatic heterocycles. The fourth-order valence-corrected chi connectivity index (χ4v) is 4.22. The Morgan fingerprint density at radius 2 is 1.58 bits per heavy atom. The first-order valence-corrected chi connectivity index (χ1v) is 11.7. The Morgan fingerprint density at radius 3 is 2.19 bits per heavy atom. The minimum absolute atomic E-state index is 0.0193. The van der Waals surface area contributed by atoms with E-state index in [1.54, 1.807) is 4.90 Å². The van der Waals surface area contributed by atoms with Crippen LogP contribution in [-0.4, -0.2) is 28.8 Å². The normalized spacial score (nSPS) is 15.1. The fraction of sp³-hybridized carbons (Fsp3) is 0.481. The maximum absolute atomic E-state index is 13.2. The Morgan fingerprint density at radius 1 is 0.935 bits per heavy atom. The highest BCUT2D eigenvalue weighted by Crippen LogP contribution is 2.19. The van der Waals surface area contributed by atoms with Crippen molar-refractivity contribution < 1.29 is 9.59 Å². The van der Waals surface area contributed by atoms with E-state index in [0.29, 0.717) is 25.3 Å². The first kappa shape index (κ1) is 23.1. The summed E-state index contributed by atoms with van der Waals surface area (Å²) in [4.78, 5) is 27.9. The monoisotopic (exact) mass is 420 g/mol. The lowest BCUT2D eigenvalue weighted by atomic mass is 10.00. The summed E-state index contributed by atoms with van der Waals surface area (Å²) < 4.78 is 0. The van der Waals surface area contributed by atoms with Crippen molar-refractivity contribution in [1.29, 1.82) is 0 Å². The van der Waals surface area contributed by atoms with E-state index in [-0.39, 0.29) is 17.9 Å². The van der Waals surface area contributed by atoms with E-state index in [2.05, 4.69) is 43.4 Å². The van der Waals surface area contributed by atoms with Gasteiger partial charge in [-0.2, -0.15) is 0 Å². The number of carbonyl (C=O) groups excluding carboxylic acids is 2. The minimum Gasteiger partial charge on any atom is -0.352 e. The number of rotatable bonds is 9. The number of hydrogen-bond acceptors (Lipinski definition) is 2. The van der Waals surface area contributed by atoms with E-state index < -0.39 is 6.04 Å². The first-order chi connectivity index (χ1) is 14.9. The van der Waals surface area contributed by atoms with Gasteiger partial charge in [0.05, 0.1) is 0 Å². The molecule has 1 aliphatic carbocycles. The highest BCUT2D eigenvalue weighted by atomic mass is 16.2. The molecule has 3 rings (SSSR count). The first-order valence-electron chi connectivity index (χ1n) is 11.7. The van der Waals surface area contributed by atoms with Gasteiger partial charge >= 0.3 is 0 Å². The molecular formula is C27H36N2O2. The lowest BCUT2D eigenvalue weighted by Gasteiger charge is -2.30. The van der Waals surface area contributed by atoms with Crippen molar-refractivity contribution in [1.82, 2.24) is 10.2 Å². The molecule has 0 spiro atoms. The highest BCUT2D eigenvalue weighted by molar-refractivity contribution is 5.87. The average molecular weight is 421 g/mol. The summed E-state index contributed by atoms with van der Waals surface area (Å²) in [6, 6.07) is 18.2. The molecule has 0 radical (unpaired) electrons. The van der Waals surface area contributed by atoms with Gasteiger partial charge in [0, 0.05) is 19.0 Å². The van der Waals surface area contributed by atoms with E-state index in [1.165, 1.54) is 18.4 Å². The summed E-state index contributed by atoms with van der Waals surface area (Å²) in [5, 5.41) is 3.16. The molecule has 2 amide bonds. The smallest absolute Gasteiger partial charge is 0.242 e. The van der Waals surface area contributed by atoms with E-state index >= 15 is 0 Å². The predicted octanol–water partition coefficient (Wildman–Crippen LogP) is 5.22. The van der Waals surface area contributed by atoms with Gasteiger partial charge in [0.25, 0.3) is 0 Å². The van der Waals surface area contributed by atoms with Crippen molar-refractivity contribution in [2.45, 2.75) is 83.8 Å². The number of benzene rings is 2. The van der Waals surface area contributed by atoms with Gasteiger partial charge in [0.2, 0.25) is 11.8 Å². The van der Waals surface area contributed by atoms with E-state index in [9.17, 15) is 9.59 Å². The molecule has 31 heavy (non-hydrogen) atoms. The molecule has 0 aliphatic heterocycles. The van der Waals surface area contributed by atoms with Gasteiger partial charge in [0.15, 0.2) is 0 Å². The zero-order valence-corrected chi connectivity index (χ0v) is 19.1. The van der Waals surface area contributed by atoms with Crippen LogP contribution in [0.4, 0.5) is 0 Å². The Labute approximate surface area is 187 Å². The molecule has 0 heterocycles. The lowest BCUT2D eigenvalue weighted by Crippen LogP contribution is -2.49. The number of nitrogens with zero attached hydrogens (tertiary/aromatic N) is 1. The van der Waals surface area contributed by atoms with E-state index in [4.69, 9.17) is 0 Å². The number of carbonyl (C=O) groups is 2. The fourth-order valence-electron chi connectivity index (χ4n) is 4.22. The second-order valence-corrected chi connectivity index (χ2v) is 9.07. The molecule has 1 saturated carbocycles. The Hall–Kier alpha value is -2.62. The van der Waals surface area contributed by atoms with Crippen LogP contribution < -0.4 is 5.32 Å². The van der Waals surface area contributed by atoms with E-state index in [0.717, 1.165) is 24.0 Å². The van der Waals surface area contributed by atoms with Crippen LogP contribution >= 0.6 is 0 Å². The maximum atomic E-state index is 13.2. The van der Waals surface area contributed by atoms with Crippen molar-refractivity contribution in [2.24, 2.45) is 0 Å². The molecule has 0 unspecified atom stereocenters. The Balaban J connectivity index is 1.66. The second-order valence-electron chi connectivity index (χ2n) is 9.07. The van der Waals surface area contributed by atoms with Crippen molar-refractivity contribution >= 4 is 11.8 Å². The summed E-state index contributed by atoms with van der Waals surface area (Å²) in [6.07, 6.45) is 5.49. The van der Waals surface area contributed by atoms with E-state index in [1.807, 2.05) is 37.3 Å². The summed E-state index contributed by atoms with van der Waals surface area (Å²) in [5.74, 6) is 0.472. The largest absolute Gasteiger partial charge is 0.352 e.